The highest BCUT2D eigenvalue weighted by atomic mass is 32.2. The van der Waals surface area contributed by atoms with Crippen molar-refractivity contribution in [2.75, 3.05) is 13.7 Å². The number of rotatable bonds is 4. The van der Waals surface area contributed by atoms with E-state index in [1.165, 1.54) is 4.31 Å². The SMILES string of the molecule is Cc1cnc2c(S(=O)(=O)N(C)C3CCC(CO)CC3)cccc2c1. The van der Waals surface area contributed by atoms with Crippen LogP contribution in [0.2, 0.25) is 0 Å². The highest BCUT2D eigenvalue weighted by molar-refractivity contribution is 7.89. The van der Waals surface area contributed by atoms with Gasteiger partial charge in [0.05, 0.1) is 5.52 Å². The molecular weight excluding hydrogens is 324 g/mol. The second-order valence-corrected chi connectivity index (χ2v) is 8.68. The summed E-state index contributed by atoms with van der Waals surface area (Å²) in [6, 6.07) is 7.23. The zero-order valence-corrected chi connectivity index (χ0v) is 15.0. The van der Waals surface area contributed by atoms with Crippen molar-refractivity contribution in [3.8, 4) is 0 Å². The Labute approximate surface area is 143 Å². The third-order valence-electron chi connectivity index (χ3n) is 5.06. The molecule has 24 heavy (non-hydrogen) atoms. The van der Waals surface area contributed by atoms with Crippen molar-refractivity contribution in [1.82, 2.24) is 9.29 Å². The quantitative estimate of drug-likeness (QED) is 0.922. The van der Waals surface area contributed by atoms with E-state index in [-0.39, 0.29) is 17.5 Å². The summed E-state index contributed by atoms with van der Waals surface area (Å²) in [5.41, 5.74) is 1.53. The summed E-state index contributed by atoms with van der Waals surface area (Å²) in [5.74, 6) is 0.305. The van der Waals surface area contributed by atoms with Crippen LogP contribution in [-0.4, -0.2) is 42.5 Å². The molecule has 0 saturated heterocycles. The maximum absolute atomic E-state index is 13.1. The molecule has 0 spiro atoms. The van der Waals surface area contributed by atoms with Crippen LogP contribution in [0.25, 0.3) is 10.9 Å². The number of aliphatic hydroxyl groups is 1. The van der Waals surface area contributed by atoms with Gasteiger partial charge in [0.25, 0.3) is 0 Å². The zero-order chi connectivity index (χ0) is 17.3. The summed E-state index contributed by atoms with van der Waals surface area (Å²) in [6.45, 7) is 2.13. The van der Waals surface area contributed by atoms with Gasteiger partial charge in [-0.05, 0) is 56.2 Å². The van der Waals surface area contributed by atoms with E-state index in [2.05, 4.69) is 4.98 Å². The lowest BCUT2D eigenvalue weighted by Crippen LogP contribution is -2.39. The highest BCUT2D eigenvalue weighted by Crippen LogP contribution is 2.31. The molecule has 1 aromatic heterocycles. The maximum atomic E-state index is 13.1. The van der Waals surface area contributed by atoms with Crippen LogP contribution in [0.1, 0.15) is 31.2 Å². The van der Waals surface area contributed by atoms with Crippen molar-refractivity contribution in [3.05, 3.63) is 36.0 Å². The van der Waals surface area contributed by atoms with Crippen LogP contribution in [0.5, 0.6) is 0 Å². The van der Waals surface area contributed by atoms with E-state index < -0.39 is 10.0 Å². The molecule has 1 aliphatic rings. The summed E-state index contributed by atoms with van der Waals surface area (Å²) in [5, 5.41) is 10.1. The summed E-state index contributed by atoms with van der Waals surface area (Å²) < 4.78 is 27.7. The lowest BCUT2D eigenvalue weighted by Gasteiger charge is -2.33. The Bertz CT molecular complexity index is 827. The van der Waals surface area contributed by atoms with E-state index in [0.29, 0.717) is 11.4 Å². The number of nitrogens with zero attached hydrogens (tertiary/aromatic N) is 2. The lowest BCUT2D eigenvalue weighted by molar-refractivity contribution is 0.159. The second-order valence-electron chi connectivity index (χ2n) is 6.72. The Kier molecular flexibility index (Phi) is 4.90. The molecule has 0 amide bonds. The number of aryl methyl sites for hydroxylation is 1. The first-order valence-electron chi connectivity index (χ1n) is 8.37. The van der Waals surface area contributed by atoms with Crippen LogP contribution in [0.4, 0.5) is 0 Å². The molecule has 0 atom stereocenters. The van der Waals surface area contributed by atoms with Gasteiger partial charge in [-0.15, -0.1) is 0 Å². The summed E-state index contributed by atoms with van der Waals surface area (Å²) in [7, 11) is -1.93. The molecule has 1 aromatic carbocycles. The van der Waals surface area contributed by atoms with Crippen molar-refractivity contribution in [2.45, 2.75) is 43.5 Å². The average molecular weight is 348 g/mol. The monoisotopic (exact) mass is 348 g/mol. The highest BCUT2D eigenvalue weighted by Gasteiger charge is 2.32. The molecule has 1 heterocycles. The molecule has 1 fully saturated rings. The summed E-state index contributed by atoms with van der Waals surface area (Å²) >= 11 is 0. The van der Waals surface area contributed by atoms with E-state index in [1.54, 1.807) is 25.4 Å². The van der Waals surface area contributed by atoms with Crippen LogP contribution >= 0.6 is 0 Å². The first-order chi connectivity index (χ1) is 11.4. The molecule has 1 N–H and O–H groups in total. The molecule has 5 nitrogen and oxygen atoms in total. The second kappa shape index (κ2) is 6.78. The third kappa shape index (κ3) is 3.18. The number of aliphatic hydroxyl groups excluding tert-OH is 1. The van der Waals surface area contributed by atoms with Crippen LogP contribution in [0.3, 0.4) is 0 Å². The Morgan fingerprint density at radius 2 is 1.96 bits per heavy atom. The number of sulfonamides is 1. The van der Waals surface area contributed by atoms with Gasteiger partial charge in [0.15, 0.2) is 0 Å². The maximum Gasteiger partial charge on any atom is 0.245 e. The Morgan fingerprint density at radius 3 is 2.62 bits per heavy atom. The van der Waals surface area contributed by atoms with Gasteiger partial charge in [-0.2, -0.15) is 4.31 Å². The predicted molar refractivity (Wildman–Crippen MR) is 94.3 cm³/mol. The normalized spacial score (nSPS) is 22.2. The molecule has 0 unspecified atom stereocenters. The summed E-state index contributed by atoms with van der Waals surface area (Å²) in [6.07, 6.45) is 5.02. The van der Waals surface area contributed by atoms with E-state index in [4.69, 9.17) is 0 Å². The first-order valence-corrected chi connectivity index (χ1v) is 9.81. The minimum atomic E-state index is -3.59. The molecule has 0 aliphatic heterocycles. The fourth-order valence-corrected chi connectivity index (χ4v) is 5.07. The third-order valence-corrected chi connectivity index (χ3v) is 7.00. The molecular formula is C18H24N2O3S. The number of hydrogen-bond acceptors (Lipinski definition) is 4. The van der Waals surface area contributed by atoms with Crippen molar-refractivity contribution in [2.24, 2.45) is 5.92 Å². The average Bonchev–Trinajstić information content (AvgIpc) is 2.60. The largest absolute Gasteiger partial charge is 0.396 e. The van der Waals surface area contributed by atoms with Gasteiger partial charge in [0.2, 0.25) is 10.0 Å². The lowest BCUT2D eigenvalue weighted by atomic mass is 9.87. The van der Waals surface area contributed by atoms with Gasteiger partial charge in [-0.3, -0.25) is 4.98 Å². The number of fused-ring (bicyclic) bond motifs is 1. The van der Waals surface area contributed by atoms with Gasteiger partial charge in [-0.1, -0.05) is 12.1 Å². The Hall–Kier alpha value is -1.50. The number of pyridine rings is 1. The van der Waals surface area contributed by atoms with Crippen LogP contribution in [0, 0.1) is 12.8 Å². The Morgan fingerprint density at radius 1 is 1.25 bits per heavy atom. The number of benzene rings is 1. The topological polar surface area (TPSA) is 70.5 Å². The predicted octanol–water partition coefficient (Wildman–Crippen LogP) is 2.71. The molecule has 6 heteroatoms. The van der Waals surface area contributed by atoms with E-state index >= 15 is 0 Å². The fraction of sp³-hybridized carbons (Fsp3) is 0.500. The van der Waals surface area contributed by atoms with E-state index in [1.807, 2.05) is 19.1 Å². The van der Waals surface area contributed by atoms with Crippen LogP contribution in [-0.2, 0) is 10.0 Å². The standard InChI is InChI=1S/C18H24N2O3S/c1-13-10-15-4-3-5-17(18(15)19-11-13)24(22,23)20(2)16-8-6-14(12-21)7-9-16/h3-5,10-11,14,16,21H,6-9,12H2,1-2H3. The number of para-hydroxylation sites is 1. The minimum Gasteiger partial charge on any atom is -0.396 e. The number of aromatic nitrogens is 1. The molecule has 0 bridgehead atoms. The van der Waals surface area contributed by atoms with E-state index in [0.717, 1.165) is 36.6 Å². The van der Waals surface area contributed by atoms with Gasteiger partial charge < -0.3 is 5.11 Å². The van der Waals surface area contributed by atoms with E-state index in [9.17, 15) is 13.5 Å². The molecule has 3 rings (SSSR count). The Balaban J connectivity index is 1.93. The zero-order valence-electron chi connectivity index (χ0n) is 14.1. The smallest absolute Gasteiger partial charge is 0.245 e. The van der Waals surface area contributed by atoms with Crippen LogP contribution < -0.4 is 0 Å². The van der Waals surface area contributed by atoms with Crippen molar-refractivity contribution >= 4 is 20.9 Å². The fourth-order valence-electron chi connectivity index (χ4n) is 3.49. The van der Waals surface area contributed by atoms with Gasteiger partial charge in [0, 0.05) is 31.3 Å². The molecule has 1 saturated carbocycles. The number of hydrogen-bond donors (Lipinski definition) is 1. The van der Waals surface area contributed by atoms with Gasteiger partial charge in [0.1, 0.15) is 4.90 Å². The van der Waals surface area contributed by atoms with Crippen LogP contribution in [0.15, 0.2) is 35.4 Å². The van der Waals surface area contributed by atoms with Gasteiger partial charge in [-0.25, -0.2) is 8.42 Å². The molecule has 0 radical (unpaired) electrons. The molecule has 130 valence electrons. The summed E-state index contributed by atoms with van der Waals surface area (Å²) in [4.78, 5) is 4.63. The minimum absolute atomic E-state index is 0.0153. The van der Waals surface area contributed by atoms with Crippen molar-refractivity contribution in [1.29, 1.82) is 0 Å². The van der Waals surface area contributed by atoms with Gasteiger partial charge >= 0.3 is 0 Å². The van der Waals surface area contributed by atoms with Crippen molar-refractivity contribution < 1.29 is 13.5 Å². The first kappa shape index (κ1) is 17.3. The molecule has 2 aromatic rings. The van der Waals surface area contributed by atoms with Crippen molar-refractivity contribution in [3.63, 3.8) is 0 Å². The molecule has 1 aliphatic carbocycles.